The quantitative estimate of drug-likeness (QED) is 0.856. The van der Waals surface area contributed by atoms with E-state index in [4.69, 9.17) is 0 Å². The van der Waals surface area contributed by atoms with E-state index in [-0.39, 0.29) is 11.6 Å². The van der Waals surface area contributed by atoms with Crippen LogP contribution in [-0.2, 0) is 6.42 Å². The Bertz CT molecular complexity index is 370. The summed E-state index contributed by atoms with van der Waals surface area (Å²) >= 11 is 0. The Morgan fingerprint density at radius 1 is 1.26 bits per heavy atom. The van der Waals surface area contributed by atoms with Crippen LogP contribution >= 0.6 is 0 Å². The molecule has 0 aromatic carbocycles. The largest absolute Gasteiger partial charge is 0.391 e. The Balaban J connectivity index is 2.13. The van der Waals surface area contributed by atoms with Gasteiger partial charge >= 0.3 is 0 Å². The zero-order valence-electron chi connectivity index (χ0n) is 12.2. The number of hydrogen-bond donors (Lipinski definition) is 1. The fourth-order valence-corrected chi connectivity index (χ4v) is 3.45. The van der Waals surface area contributed by atoms with Gasteiger partial charge in [-0.25, -0.2) is 0 Å². The molecular weight excluding hydrogens is 236 g/mol. The van der Waals surface area contributed by atoms with Crippen LogP contribution in [0.4, 0.5) is 0 Å². The molecule has 0 saturated carbocycles. The maximum absolute atomic E-state index is 10.8. The highest BCUT2D eigenvalue weighted by Gasteiger charge is 2.41. The van der Waals surface area contributed by atoms with E-state index in [1.807, 2.05) is 18.2 Å². The highest BCUT2D eigenvalue weighted by Crippen LogP contribution is 2.32. The van der Waals surface area contributed by atoms with Crippen molar-refractivity contribution in [3.05, 3.63) is 30.1 Å². The second-order valence-electron chi connectivity index (χ2n) is 5.55. The van der Waals surface area contributed by atoms with Gasteiger partial charge in [0.05, 0.1) is 6.10 Å². The van der Waals surface area contributed by atoms with Crippen molar-refractivity contribution < 1.29 is 5.11 Å². The standard InChI is InChI=1S/C16H26N2O/c1-3-16(4-2,18-11-7-8-12-18)15(19)13-14-9-5-6-10-17-14/h5-6,9-10,15,19H,3-4,7-8,11-13H2,1-2H3. The molecule has 1 saturated heterocycles. The second-order valence-corrected chi connectivity index (χ2v) is 5.55. The number of pyridine rings is 1. The average molecular weight is 262 g/mol. The third kappa shape index (κ3) is 2.98. The molecule has 1 atom stereocenters. The number of hydrogen-bond acceptors (Lipinski definition) is 3. The van der Waals surface area contributed by atoms with E-state index in [0.717, 1.165) is 31.6 Å². The number of aromatic nitrogens is 1. The van der Waals surface area contributed by atoms with Crippen LogP contribution in [0.3, 0.4) is 0 Å². The summed E-state index contributed by atoms with van der Waals surface area (Å²) in [4.78, 5) is 6.85. The normalized spacial score (nSPS) is 18.7. The van der Waals surface area contributed by atoms with Crippen LogP contribution in [0.25, 0.3) is 0 Å². The molecule has 106 valence electrons. The lowest BCUT2D eigenvalue weighted by Gasteiger charge is -2.44. The van der Waals surface area contributed by atoms with Crippen LogP contribution < -0.4 is 0 Å². The minimum Gasteiger partial charge on any atom is -0.391 e. The van der Waals surface area contributed by atoms with Crippen LogP contribution in [0.2, 0.25) is 0 Å². The van der Waals surface area contributed by atoms with Crippen LogP contribution in [-0.4, -0.2) is 39.7 Å². The summed E-state index contributed by atoms with van der Waals surface area (Å²) in [5.74, 6) is 0. The summed E-state index contributed by atoms with van der Waals surface area (Å²) in [7, 11) is 0. The summed E-state index contributed by atoms with van der Waals surface area (Å²) in [6, 6.07) is 5.91. The van der Waals surface area contributed by atoms with Crippen molar-refractivity contribution in [1.82, 2.24) is 9.88 Å². The fourth-order valence-electron chi connectivity index (χ4n) is 3.45. The number of aliphatic hydroxyl groups excluding tert-OH is 1. The molecule has 2 rings (SSSR count). The highest BCUT2D eigenvalue weighted by atomic mass is 16.3. The highest BCUT2D eigenvalue weighted by molar-refractivity contribution is 5.08. The molecule has 1 aliphatic rings. The summed E-state index contributed by atoms with van der Waals surface area (Å²) in [6.07, 6.45) is 6.64. The topological polar surface area (TPSA) is 36.4 Å². The van der Waals surface area contributed by atoms with Gasteiger partial charge in [-0.05, 0) is 50.9 Å². The van der Waals surface area contributed by atoms with E-state index in [0.29, 0.717) is 6.42 Å². The number of rotatable bonds is 6. The Kier molecular flexibility index (Phi) is 4.94. The van der Waals surface area contributed by atoms with Crippen molar-refractivity contribution in [1.29, 1.82) is 0 Å². The number of aliphatic hydroxyl groups is 1. The third-order valence-corrected chi connectivity index (χ3v) is 4.71. The molecule has 0 spiro atoms. The van der Waals surface area contributed by atoms with Gasteiger partial charge in [0.25, 0.3) is 0 Å². The first-order valence-electron chi connectivity index (χ1n) is 7.56. The maximum atomic E-state index is 10.8. The monoisotopic (exact) mass is 262 g/mol. The minimum atomic E-state index is -0.338. The van der Waals surface area contributed by atoms with Gasteiger partial charge in [-0.15, -0.1) is 0 Å². The van der Waals surface area contributed by atoms with Gasteiger partial charge < -0.3 is 5.11 Å². The van der Waals surface area contributed by atoms with Gasteiger partial charge in [0, 0.05) is 23.9 Å². The van der Waals surface area contributed by atoms with Crippen LogP contribution in [0.1, 0.15) is 45.2 Å². The molecule has 1 unspecified atom stereocenters. The van der Waals surface area contributed by atoms with E-state index in [1.165, 1.54) is 12.8 Å². The molecule has 3 heteroatoms. The van der Waals surface area contributed by atoms with Crippen molar-refractivity contribution in [3.8, 4) is 0 Å². The predicted octanol–water partition coefficient (Wildman–Crippen LogP) is 2.64. The summed E-state index contributed by atoms with van der Waals surface area (Å²) in [6.45, 7) is 6.65. The summed E-state index contributed by atoms with van der Waals surface area (Å²) in [5, 5.41) is 10.8. The molecule has 0 aliphatic carbocycles. The molecule has 2 heterocycles. The second kappa shape index (κ2) is 6.49. The zero-order chi connectivity index (χ0) is 13.7. The Labute approximate surface area is 116 Å². The summed E-state index contributed by atoms with van der Waals surface area (Å²) < 4.78 is 0. The van der Waals surface area contributed by atoms with Crippen LogP contribution in [0.15, 0.2) is 24.4 Å². The molecule has 1 aromatic heterocycles. The number of nitrogens with zero attached hydrogens (tertiary/aromatic N) is 2. The lowest BCUT2D eigenvalue weighted by molar-refractivity contribution is -0.0274. The van der Waals surface area contributed by atoms with Crippen molar-refractivity contribution >= 4 is 0 Å². The van der Waals surface area contributed by atoms with Crippen molar-refractivity contribution in [2.45, 2.75) is 57.6 Å². The van der Waals surface area contributed by atoms with Gasteiger partial charge in [0.1, 0.15) is 0 Å². The first kappa shape index (κ1) is 14.5. The van der Waals surface area contributed by atoms with Gasteiger partial charge in [0.2, 0.25) is 0 Å². The maximum Gasteiger partial charge on any atom is 0.0778 e. The lowest BCUT2D eigenvalue weighted by Crippen LogP contribution is -2.55. The fraction of sp³-hybridized carbons (Fsp3) is 0.688. The Morgan fingerprint density at radius 2 is 1.95 bits per heavy atom. The molecule has 1 aliphatic heterocycles. The zero-order valence-corrected chi connectivity index (χ0v) is 12.2. The Morgan fingerprint density at radius 3 is 2.47 bits per heavy atom. The van der Waals surface area contributed by atoms with Crippen molar-refractivity contribution in [2.24, 2.45) is 0 Å². The average Bonchev–Trinajstić information content (AvgIpc) is 2.96. The molecule has 0 amide bonds. The molecule has 19 heavy (non-hydrogen) atoms. The summed E-state index contributed by atoms with van der Waals surface area (Å²) in [5.41, 5.74) is 0.911. The first-order chi connectivity index (χ1) is 9.23. The van der Waals surface area contributed by atoms with Gasteiger partial charge in [-0.3, -0.25) is 9.88 Å². The van der Waals surface area contributed by atoms with Crippen LogP contribution in [0, 0.1) is 0 Å². The van der Waals surface area contributed by atoms with E-state index >= 15 is 0 Å². The van der Waals surface area contributed by atoms with E-state index in [9.17, 15) is 5.11 Å². The van der Waals surface area contributed by atoms with Crippen molar-refractivity contribution in [2.75, 3.05) is 13.1 Å². The molecule has 3 nitrogen and oxygen atoms in total. The van der Waals surface area contributed by atoms with Gasteiger partial charge in [-0.1, -0.05) is 19.9 Å². The van der Waals surface area contributed by atoms with Gasteiger partial charge in [0.15, 0.2) is 0 Å². The van der Waals surface area contributed by atoms with E-state index in [1.54, 1.807) is 6.20 Å². The SMILES string of the molecule is CCC(CC)(C(O)Cc1ccccn1)N1CCCC1. The van der Waals surface area contributed by atoms with Crippen molar-refractivity contribution in [3.63, 3.8) is 0 Å². The molecule has 1 N–H and O–H groups in total. The third-order valence-electron chi connectivity index (χ3n) is 4.71. The van der Waals surface area contributed by atoms with E-state index < -0.39 is 0 Å². The smallest absolute Gasteiger partial charge is 0.0778 e. The van der Waals surface area contributed by atoms with E-state index in [2.05, 4.69) is 23.7 Å². The molecule has 1 fully saturated rings. The lowest BCUT2D eigenvalue weighted by atomic mass is 9.82. The molecule has 0 radical (unpaired) electrons. The number of likely N-dealkylation sites (tertiary alicyclic amines) is 1. The Hall–Kier alpha value is -0.930. The molecule has 0 bridgehead atoms. The first-order valence-corrected chi connectivity index (χ1v) is 7.56. The van der Waals surface area contributed by atoms with Crippen LogP contribution in [0.5, 0.6) is 0 Å². The predicted molar refractivity (Wildman–Crippen MR) is 78.1 cm³/mol. The molecule has 1 aromatic rings. The van der Waals surface area contributed by atoms with Gasteiger partial charge in [-0.2, -0.15) is 0 Å². The minimum absolute atomic E-state index is 0.0754. The molecular formula is C16H26N2O.